The van der Waals surface area contributed by atoms with Crippen molar-refractivity contribution in [1.82, 2.24) is 9.78 Å². The zero-order valence-corrected chi connectivity index (χ0v) is 5.70. The first-order valence-electron chi connectivity index (χ1n) is 3.01. The standard InChI is InChI=1S/C6H11N3/c1-5(2)9-4-3-6(7)8-9/h3-5H,1-2H3,(H2,7,8). The van der Waals surface area contributed by atoms with E-state index in [4.69, 9.17) is 5.73 Å². The van der Waals surface area contributed by atoms with E-state index in [9.17, 15) is 0 Å². The molecular formula is C6H11N3. The molecule has 3 nitrogen and oxygen atoms in total. The van der Waals surface area contributed by atoms with E-state index in [0.29, 0.717) is 11.9 Å². The van der Waals surface area contributed by atoms with Gasteiger partial charge in [-0.2, -0.15) is 5.10 Å². The first-order valence-corrected chi connectivity index (χ1v) is 3.01. The van der Waals surface area contributed by atoms with Gasteiger partial charge in [0.05, 0.1) is 0 Å². The van der Waals surface area contributed by atoms with Crippen molar-refractivity contribution in [2.75, 3.05) is 5.73 Å². The van der Waals surface area contributed by atoms with Crippen LogP contribution in [-0.2, 0) is 0 Å². The Morgan fingerprint density at radius 1 is 1.67 bits per heavy atom. The summed E-state index contributed by atoms with van der Waals surface area (Å²) in [6.45, 7) is 4.12. The quantitative estimate of drug-likeness (QED) is 0.609. The third-order valence-corrected chi connectivity index (χ3v) is 1.16. The fourth-order valence-electron chi connectivity index (χ4n) is 0.640. The maximum absolute atomic E-state index is 5.38. The molecule has 0 aliphatic heterocycles. The molecule has 0 amide bonds. The molecule has 0 aromatic carbocycles. The number of hydrogen-bond acceptors (Lipinski definition) is 2. The van der Waals surface area contributed by atoms with Gasteiger partial charge >= 0.3 is 0 Å². The summed E-state index contributed by atoms with van der Waals surface area (Å²) >= 11 is 0. The minimum atomic E-state index is 0.405. The Labute approximate surface area is 54.5 Å². The van der Waals surface area contributed by atoms with E-state index in [2.05, 4.69) is 18.9 Å². The number of anilines is 1. The predicted molar refractivity (Wildman–Crippen MR) is 37.0 cm³/mol. The number of nitrogen functional groups attached to an aromatic ring is 1. The van der Waals surface area contributed by atoms with Crippen molar-refractivity contribution < 1.29 is 0 Å². The molecule has 9 heavy (non-hydrogen) atoms. The van der Waals surface area contributed by atoms with Gasteiger partial charge in [-0.15, -0.1) is 0 Å². The van der Waals surface area contributed by atoms with Gasteiger partial charge < -0.3 is 5.73 Å². The van der Waals surface area contributed by atoms with Gasteiger partial charge in [-0.1, -0.05) is 0 Å². The smallest absolute Gasteiger partial charge is 0.145 e. The molecule has 50 valence electrons. The molecular weight excluding hydrogens is 114 g/mol. The zero-order valence-electron chi connectivity index (χ0n) is 5.70. The summed E-state index contributed by atoms with van der Waals surface area (Å²) in [7, 11) is 0. The molecule has 0 aliphatic carbocycles. The van der Waals surface area contributed by atoms with Crippen molar-refractivity contribution in [3.8, 4) is 0 Å². The molecule has 0 saturated heterocycles. The minimum Gasteiger partial charge on any atom is -0.382 e. The Hall–Kier alpha value is -0.990. The molecule has 0 radical (unpaired) electrons. The molecule has 0 atom stereocenters. The lowest BCUT2D eigenvalue weighted by atomic mass is 10.4. The van der Waals surface area contributed by atoms with Crippen LogP contribution in [0, 0.1) is 0 Å². The van der Waals surface area contributed by atoms with Crippen LogP contribution in [0.5, 0.6) is 0 Å². The normalized spacial score (nSPS) is 10.6. The predicted octanol–water partition coefficient (Wildman–Crippen LogP) is 1.05. The molecule has 1 heterocycles. The van der Waals surface area contributed by atoms with Gasteiger partial charge in [-0.05, 0) is 19.9 Å². The maximum Gasteiger partial charge on any atom is 0.145 e. The molecule has 1 aromatic rings. The van der Waals surface area contributed by atoms with E-state index < -0.39 is 0 Å². The molecule has 2 N–H and O–H groups in total. The second-order valence-corrected chi connectivity index (χ2v) is 2.31. The van der Waals surface area contributed by atoms with Crippen LogP contribution in [-0.4, -0.2) is 9.78 Å². The highest BCUT2D eigenvalue weighted by Crippen LogP contribution is 2.03. The van der Waals surface area contributed by atoms with Gasteiger partial charge in [0.25, 0.3) is 0 Å². The summed E-state index contributed by atoms with van der Waals surface area (Å²) in [6.07, 6.45) is 1.88. The van der Waals surface area contributed by atoms with Crippen molar-refractivity contribution in [2.45, 2.75) is 19.9 Å². The molecule has 0 saturated carbocycles. The molecule has 1 aromatic heterocycles. The van der Waals surface area contributed by atoms with Crippen LogP contribution in [0.25, 0.3) is 0 Å². The molecule has 0 unspecified atom stereocenters. The number of nitrogens with two attached hydrogens (primary N) is 1. The van der Waals surface area contributed by atoms with E-state index in [1.165, 1.54) is 0 Å². The van der Waals surface area contributed by atoms with Crippen LogP contribution in [0.3, 0.4) is 0 Å². The van der Waals surface area contributed by atoms with Crippen LogP contribution >= 0.6 is 0 Å². The highest BCUT2D eigenvalue weighted by Gasteiger charge is 1.96. The summed E-state index contributed by atoms with van der Waals surface area (Å²) < 4.78 is 1.83. The fourth-order valence-corrected chi connectivity index (χ4v) is 0.640. The van der Waals surface area contributed by atoms with Gasteiger partial charge in [0.2, 0.25) is 0 Å². The lowest BCUT2D eigenvalue weighted by Gasteiger charge is -2.02. The topological polar surface area (TPSA) is 43.8 Å². The van der Waals surface area contributed by atoms with Crippen LogP contribution < -0.4 is 5.73 Å². The summed E-state index contributed by atoms with van der Waals surface area (Å²) in [4.78, 5) is 0. The van der Waals surface area contributed by atoms with E-state index in [1.807, 2.05) is 10.9 Å². The molecule has 0 fully saturated rings. The third kappa shape index (κ3) is 1.22. The van der Waals surface area contributed by atoms with Crippen LogP contribution in [0.2, 0.25) is 0 Å². The molecule has 0 spiro atoms. The second kappa shape index (κ2) is 2.09. The van der Waals surface area contributed by atoms with Crippen LogP contribution in [0.1, 0.15) is 19.9 Å². The van der Waals surface area contributed by atoms with E-state index >= 15 is 0 Å². The largest absolute Gasteiger partial charge is 0.382 e. The number of nitrogens with zero attached hydrogens (tertiary/aromatic N) is 2. The van der Waals surface area contributed by atoms with Gasteiger partial charge in [0.15, 0.2) is 0 Å². The minimum absolute atomic E-state index is 0.405. The average Bonchev–Trinajstić information content (AvgIpc) is 2.14. The molecule has 3 heteroatoms. The van der Waals surface area contributed by atoms with Crippen molar-refractivity contribution in [3.63, 3.8) is 0 Å². The lowest BCUT2D eigenvalue weighted by Crippen LogP contribution is -2.01. The van der Waals surface area contributed by atoms with Gasteiger partial charge in [-0.25, -0.2) is 0 Å². The first-order chi connectivity index (χ1) is 4.20. The summed E-state index contributed by atoms with van der Waals surface area (Å²) in [5.41, 5.74) is 5.38. The van der Waals surface area contributed by atoms with Crippen molar-refractivity contribution in [2.24, 2.45) is 0 Å². The van der Waals surface area contributed by atoms with Crippen LogP contribution in [0.4, 0.5) is 5.82 Å². The Balaban J connectivity index is 2.85. The van der Waals surface area contributed by atoms with E-state index in [1.54, 1.807) is 6.07 Å². The average molecular weight is 125 g/mol. The maximum atomic E-state index is 5.38. The Morgan fingerprint density at radius 3 is 2.56 bits per heavy atom. The van der Waals surface area contributed by atoms with Crippen molar-refractivity contribution >= 4 is 5.82 Å². The Morgan fingerprint density at radius 2 is 2.33 bits per heavy atom. The van der Waals surface area contributed by atoms with Crippen molar-refractivity contribution in [3.05, 3.63) is 12.3 Å². The molecule has 0 bridgehead atoms. The zero-order chi connectivity index (χ0) is 6.85. The second-order valence-electron chi connectivity index (χ2n) is 2.31. The first kappa shape index (κ1) is 6.13. The van der Waals surface area contributed by atoms with Gasteiger partial charge in [0, 0.05) is 12.2 Å². The van der Waals surface area contributed by atoms with Gasteiger partial charge in [0.1, 0.15) is 5.82 Å². The summed E-state index contributed by atoms with van der Waals surface area (Å²) in [5, 5.41) is 4.00. The van der Waals surface area contributed by atoms with Crippen LogP contribution in [0.15, 0.2) is 12.3 Å². The van der Waals surface area contributed by atoms with Crippen molar-refractivity contribution in [1.29, 1.82) is 0 Å². The highest BCUT2D eigenvalue weighted by atomic mass is 15.3. The highest BCUT2D eigenvalue weighted by molar-refractivity contribution is 5.23. The Bertz CT molecular complexity index is 190. The number of hydrogen-bond donors (Lipinski definition) is 1. The third-order valence-electron chi connectivity index (χ3n) is 1.16. The number of rotatable bonds is 1. The lowest BCUT2D eigenvalue weighted by molar-refractivity contribution is 0.534. The van der Waals surface area contributed by atoms with E-state index in [-0.39, 0.29) is 0 Å². The summed E-state index contributed by atoms with van der Waals surface area (Å²) in [6, 6.07) is 2.20. The summed E-state index contributed by atoms with van der Waals surface area (Å²) in [5.74, 6) is 0.587. The molecule has 1 rings (SSSR count). The molecule has 0 aliphatic rings. The number of aromatic nitrogens is 2. The fraction of sp³-hybridized carbons (Fsp3) is 0.500. The monoisotopic (exact) mass is 125 g/mol. The Kier molecular flexibility index (Phi) is 1.42. The van der Waals surface area contributed by atoms with Gasteiger partial charge in [-0.3, -0.25) is 4.68 Å². The van der Waals surface area contributed by atoms with E-state index in [0.717, 1.165) is 0 Å². The SMILES string of the molecule is CC(C)n1ccc(N)n1.